The first kappa shape index (κ1) is 21.4. The normalized spacial score (nSPS) is 10.9. The molecule has 4 rings (SSSR count). The lowest BCUT2D eigenvalue weighted by Crippen LogP contribution is -2.10. The summed E-state index contributed by atoms with van der Waals surface area (Å²) in [6.07, 6.45) is 1.93. The maximum atomic E-state index is 11.9. The first-order valence-electron chi connectivity index (χ1n) is 10.5. The van der Waals surface area contributed by atoms with Crippen LogP contribution in [-0.4, -0.2) is 22.5 Å². The summed E-state index contributed by atoms with van der Waals surface area (Å²) >= 11 is 0. The van der Waals surface area contributed by atoms with Gasteiger partial charge in [0.2, 0.25) is 0 Å². The van der Waals surface area contributed by atoms with E-state index in [4.69, 9.17) is 21.1 Å². The van der Waals surface area contributed by atoms with Crippen LogP contribution in [0.15, 0.2) is 66.9 Å². The van der Waals surface area contributed by atoms with Gasteiger partial charge in [0.15, 0.2) is 0 Å². The van der Waals surface area contributed by atoms with Crippen molar-refractivity contribution >= 4 is 16.9 Å². The molecule has 0 fully saturated rings. The molecule has 1 aromatic heterocycles. The Hall–Kier alpha value is -3.84. The lowest BCUT2D eigenvalue weighted by atomic mass is 9.98. The van der Waals surface area contributed by atoms with Crippen LogP contribution < -0.4 is 16.3 Å². The third kappa shape index (κ3) is 4.58. The molecule has 4 aromatic rings. The van der Waals surface area contributed by atoms with Crippen molar-refractivity contribution in [1.82, 2.24) is 9.89 Å². The van der Waals surface area contributed by atoms with E-state index in [0.29, 0.717) is 25.5 Å². The van der Waals surface area contributed by atoms with E-state index in [0.717, 1.165) is 38.7 Å². The van der Waals surface area contributed by atoms with Crippen molar-refractivity contribution in [2.75, 3.05) is 12.4 Å². The van der Waals surface area contributed by atoms with Crippen molar-refractivity contribution in [2.24, 2.45) is 5.73 Å². The molecule has 0 aliphatic heterocycles. The summed E-state index contributed by atoms with van der Waals surface area (Å²) in [7, 11) is 0. The zero-order valence-corrected chi connectivity index (χ0v) is 18.0. The second-order valence-corrected chi connectivity index (χ2v) is 7.45. The maximum absolute atomic E-state index is 11.9. The van der Waals surface area contributed by atoms with Gasteiger partial charge in [-0.2, -0.15) is 9.89 Å². The quantitative estimate of drug-likeness (QED) is 0.327. The molecule has 0 saturated carbocycles. The van der Waals surface area contributed by atoms with E-state index in [9.17, 15) is 4.79 Å². The molecule has 7 nitrogen and oxygen atoms in total. The number of benzene rings is 3. The molecule has 0 unspecified atom stereocenters. The maximum Gasteiger partial charge on any atom is 0.310 e. The molecule has 0 spiro atoms. The predicted molar refractivity (Wildman–Crippen MR) is 124 cm³/mol. The third-order valence-corrected chi connectivity index (χ3v) is 5.26. The monoisotopic (exact) mass is 430 g/mol. The zero-order chi connectivity index (χ0) is 22.5. The Morgan fingerprint density at radius 1 is 1.06 bits per heavy atom. The fourth-order valence-corrected chi connectivity index (χ4v) is 3.71. The van der Waals surface area contributed by atoms with Crippen LogP contribution in [0.1, 0.15) is 23.6 Å². The average molecular weight is 431 g/mol. The number of hydrogen-bond donors (Lipinski definition) is 2. The predicted octanol–water partition coefficient (Wildman–Crippen LogP) is 3.56. The number of para-hydroxylation sites is 1. The summed E-state index contributed by atoms with van der Waals surface area (Å²) in [6.45, 7) is 2.92. The van der Waals surface area contributed by atoms with Crippen LogP contribution in [0.4, 0.5) is 0 Å². The van der Waals surface area contributed by atoms with Crippen molar-refractivity contribution in [3.63, 3.8) is 0 Å². The molecular formula is C25H26N4O3. The summed E-state index contributed by atoms with van der Waals surface area (Å²) in [5, 5.41) is 5.18. The van der Waals surface area contributed by atoms with Crippen molar-refractivity contribution in [3.8, 4) is 16.9 Å². The van der Waals surface area contributed by atoms with Gasteiger partial charge < -0.3 is 21.1 Å². The van der Waals surface area contributed by atoms with Crippen molar-refractivity contribution < 1.29 is 14.3 Å². The molecule has 0 radical (unpaired) electrons. The van der Waals surface area contributed by atoms with E-state index in [1.165, 1.54) is 4.79 Å². The second kappa shape index (κ2) is 9.53. The molecule has 0 aliphatic rings. The molecule has 0 saturated heterocycles. The summed E-state index contributed by atoms with van der Waals surface area (Å²) < 4.78 is 11.2. The van der Waals surface area contributed by atoms with Crippen LogP contribution in [-0.2, 0) is 29.1 Å². The highest BCUT2D eigenvalue weighted by atomic mass is 16.5. The number of fused-ring (bicyclic) bond motifs is 1. The van der Waals surface area contributed by atoms with Gasteiger partial charge in [-0.1, -0.05) is 36.4 Å². The summed E-state index contributed by atoms with van der Waals surface area (Å²) in [5.41, 5.74) is 11.4. The standard InChI is InChI=1S/C25H26N4O3/c1-2-31-25(30)13-20-7-3-4-9-24(20)32-16-18-11-21(19-8-5-6-17(10-19)14-26)22-15-28-29(27)23(22)12-18/h3-12,15H,2,13-14,16,26-27H2,1H3. The van der Waals surface area contributed by atoms with Crippen LogP contribution in [0.25, 0.3) is 22.0 Å². The second-order valence-electron chi connectivity index (χ2n) is 7.45. The molecule has 7 heteroatoms. The number of rotatable bonds is 8. The Bertz CT molecular complexity index is 1250. The van der Waals surface area contributed by atoms with Gasteiger partial charge in [0, 0.05) is 17.5 Å². The number of nitrogen functional groups attached to an aromatic ring is 1. The summed E-state index contributed by atoms with van der Waals surface area (Å²) in [6, 6.07) is 19.6. The molecule has 3 aromatic carbocycles. The van der Waals surface area contributed by atoms with Gasteiger partial charge >= 0.3 is 5.97 Å². The Morgan fingerprint density at radius 2 is 1.91 bits per heavy atom. The SMILES string of the molecule is CCOC(=O)Cc1ccccc1OCc1cc(-c2cccc(CN)c2)c2cnn(N)c2c1. The molecule has 164 valence electrons. The van der Waals surface area contributed by atoms with Gasteiger partial charge in [0.1, 0.15) is 12.4 Å². The molecule has 0 amide bonds. The minimum absolute atomic E-state index is 0.162. The molecule has 1 heterocycles. The third-order valence-electron chi connectivity index (χ3n) is 5.26. The van der Waals surface area contributed by atoms with Crippen molar-refractivity contribution in [1.29, 1.82) is 0 Å². The topological polar surface area (TPSA) is 105 Å². The van der Waals surface area contributed by atoms with Crippen LogP contribution in [0.5, 0.6) is 5.75 Å². The summed E-state index contributed by atoms with van der Waals surface area (Å²) in [5.74, 6) is 6.42. The van der Waals surface area contributed by atoms with Gasteiger partial charge in [-0.3, -0.25) is 4.79 Å². The Labute approximate surface area is 186 Å². The van der Waals surface area contributed by atoms with Crippen LogP contribution in [0, 0.1) is 0 Å². The summed E-state index contributed by atoms with van der Waals surface area (Å²) in [4.78, 5) is 13.3. The molecule has 0 aliphatic carbocycles. The van der Waals surface area contributed by atoms with Crippen LogP contribution in [0.3, 0.4) is 0 Å². The van der Waals surface area contributed by atoms with Crippen molar-refractivity contribution in [2.45, 2.75) is 26.5 Å². The minimum Gasteiger partial charge on any atom is -0.489 e. The van der Waals surface area contributed by atoms with Gasteiger partial charge in [-0.15, -0.1) is 0 Å². The van der Waals surface area contributed by atoms with E-state index in [2.05, 4.69) is 17.2 Å². The first-order chi connectivity index (χ1) is 15.6. The van der Waals surface area contributed by atoms with Gasteiger partial charge in [-0.25, -0.2) is 0 Å². The smallest absolute Gasteiger partial charge is 0.310 e. The number of hydrogen-bond acceptors (Lipinski definition) is 6. The van der Waals surface area contributed by atoms with E-state index in [-0.39, 0.29) is 12.4 Å². The molecule has 32 heavy (non-hydrogen) atoms. The number of carbonyl (C=O) groups is 1. The van der Waals surface area contributed by atoms with E-state index < -0.39 is 0 Å². The van der Waals surface area contributed by atoms with E-state index >= 15 is 0 Å². The number of nitrogens with zero attached hydrogens (tertiary/aromatic N) is 2. The molecule has 0 atom stereocenters. The Balaban J connectivity index is 1.65. The van der Waals surface area contributed by atoms with Crippen LogP contribution >= 0.6 is 0 Å². The molecular weight excluding hydrogens is 404 g/mol. The fraction of sp³-hybridized carbons (Fsp3) is 0.200. The Kier molecular flexibility index (Phi) is 6.37. The number of esters is 1. The fourth-order valence-electron chi connectivity index (χ4n) is 3.71. The lowest BCUT2D eigenvalue weighted by molar-refractivity contribution is -0.142. The largest absolute Gasteiger partial charge is 0.489 e. The van der Waals surface area contributed by atoms with E-state index in [1.54, 1.807) is 13.1 Å². The number of aromatic nitrogens is 2. The van der Waals surface area contributed by atoms with Gasteiger partial charge in [0.05, 0.1) is 24.7 Å². The highest BCUT2D eigenvalue weighted by Gasteiger charge is 2.13. The minimum atomic E-state index is -0.279. The first-order valence-corrected chi connectivity index (χ1v) is 10.5. The average Bonchev–Trinajstić information content (AvgIpc) is 3.19. The Morgan fingerprint density at radius 3 is 2.72 bits per heavy atom. The lowest BCUT2D eigenvalue weighted by Gasteiger charge is -2.13. The van der Waals surface area contributed by atoms with Crippen LogP contribution in [0.2, 0.25) is 0 Å². The van der Waals surface area contributed by atoms with Gasteiger partial charge in [0.25, 0.3) is 0 Å². The number of nitrogens with two attached hydrogens (primary N) is 2. The van der Waals surface area contributed by atoms with Gasteiger partial charge in [-0.05, 0) is 53.4 Å². The highest BCUT2D eigenvalue weighted by molar-refractivity contribution is 5.95. The molecule has 4 N–H and O–H groups in total. The van der Waals surface area contributed by atoms with E-state index in [1.807, 2.05) is 48.5 Å². The molecule has 0 bridgehead atoms. The zero-order valence-electron chi connectivity index (χ0n) is 18.0. The number of ether oxygens (including phenoxy) is 2. The van der Waals surface area contributed by atoms with Crippen molar-refractivity contribution in [3.05, 3.63) is 83.6 Å². The highest BCUT2D eigenvalue weighted by Crippen LogP contribution is 2.31. The number of carbonyl (C=O) groups excluding carboxylic acids is 1.